The van der Waals surface area contributed by atoms with Crippen LogP contribution >= 0.6 is 0 Å². The fourth-order valence-electron chi connectivity index (χ4n) is 4.91. The van der Waals surface area contributed by atoms with Gasteiger partial charge in [-0.2, -0.15) is 0 Å². The van der Waals surface area contributed by atoms with Gasteiger partial charge in [0.25, 0.3) is 0 Å². The van der Waals surface area contributed by atoms with Gasteiger partial charge in [0.2, 0.25) is 17.7 Å². The number of nitrogen functional groups attached to an aromatic ring is 1. The number of likely N-dealkylation sites (N-methyl/N-ethyl adjacent to an activating group) is 1. The normalized spacial score (nSPS) is 25.0. The Hall–Kier alpha value is -2.65. The molecule has 0 radical (unpaired) electrons. The second-order valence-corrected chi connectivity index (χ2v) is 10.4. The van der Waals surface area contributed by atoms with Crippen molar-refractivity contribution < 1.29 is 24.0 Å². The number of ether oxygens (including phenoxy) is 1. The van der Waals surface area contributed by atoms with Gasteiger partial charge >= 0.3 is 0 Å². The van der Waals surface area contributed by atoms with Gasteiger partial charge in [0, 0.05) is 51.1 Å². The Morgan fingerprint density at radius 2 is 1.70 bits per heavy atom. The number of nitrogens with zero attached hydrogens (tertiary/aromatic N) is 1. The fourth-order valence-corrected chi connectivity index (χ4v) is 4.91. The van der Waals surface area contributed by atoms with Gasteiger partial charge in [-0.25, -0.2) is 10.3 Å². The van der Waals surface area contributed by atoms with E-state index in [0.29, 0.717) is 31.7 Å². The smallest absolute Gasteiger partial charge is 0.245 e. The van der Waals surface area contributed by atoms with Gasteiger partial charge in [0.15, 0.2) is 6.29 Å². The first-order chi connectivity index (χ1) is 17.9. The average molecular weight is 517 g/mol. The van der Waals surface area contributed by atoms with Crippen molar-refractivity contribution in [3.8, 4) is 0 Å². The number of benzene rings is 1. The summed E-state index contributed by atoms with van der Waals surface area (Å²) in [7, 11) is 1.79. The molecular weight excluding hydrogens is 472 g/mol. The van der Waals surface area contributed by atoms with Crippen molar-refractivity contribution in [1.82, 2.24) is 15.7 Å². The van der Waals surface area contributed by atoms with E-state index in [0.717, 1.165) is 69.8 Å². The monoisotopic (exact) mass is 516 g/mol. The molecule has 9 heteroatoms. The second kappa shape index (κ2) is 15.6. The van der Waals surface area contributed by atoms with Crippen molar-refractivity contribution in [3.63, 3.8) is 0 Å². The van der Waals surface area contributed by atoms with E-state index in [1.807, 2.05) is 12.1 Å². The van der Waals surface area contributed by atoms with E-state index in [9.17, 15) is 14.4 Å². The van der Waals surface area contributed by atoms with Crippen LogP contribution in [-0.2, 0) is 30.4 Å². The molecule has 1 aromatic carbocycles. The van der Waals surface area contributed by atoms with Crippen LogP contribution in [0.5, 0.6) is 0 Å². The summed E-state index contributed by atoms with van der Waals surface area (Å²) in [6.07, 6.45) is 10.5. The number of nitrogens with one attached hydrogen (secondary N) is 2. The highest BCUT2D eigenvalue weighted by atomic mass is 16.8. The first-order valence-corrected chi connectivity index (χ1v) is 13.9. The van der Waals surface area contributed by atoms with E-state index in [4.69, 9.17) is 15.3 Å². The lowest BCUT2D eigenvalue weighted by Gasteiger charge is -2.27. The highest BCUT2D eigenvalue weighted by Crippen LogP contribution is 2.19. The largest absolute Gasteiger partial charge is 0.399 e. The number of carbonyl (C=O) groups excluding carboxylic acids is 3. The van der Waals surface area contributed by atoms with Crippen LogP contribution in [0.4, 0.5) is 5.69 Å². The lowest BCUT2D eigenvalue weighted by atomic mass is 9.95. The van der Waals surface area contributed by atoms with E-state index in [2.05, 4.69) is 10.8 Å². The Kier molecular flexibility index (Phi) is 12.2. The molecule has 1 unspecified atom stereocenters. The summed E-state index contributed by atoms with van der Waals surface area (Å²) in [6.45, 7) is 1.27. The molecule has 1 aromatic rings. The maximum atomic E-state index is 13.5. The van der Waals surface area contributed by atoms with Gasteiger partial charge in [0.1, 0.15) is 6.04 Å². The minimum absolute atomic E-state index is 0.00280. The van der Waals surface area contributed by atoms with Crippen molar-refractivity contribution in [3.05, 3.63) is 29.8 Å². The molecule has 2 fully saturated rings. The number of rotatable bonds is 6. The molecule has 0 bridgehead atoms. The summed E-state index contributed by atoms with van der Waals surface area (Å²) in [6, 6.07) is 6.62. The maximum absolute atomic E-state index is 13.5. The zero-order valence-electron chi connectivity index (χ0n) is 22.2. The minimum atomic E-state index is -0.719. The standard InChI is InChI=1S/C28H44N4O5/c1-32-17-9-6-4-2-3-5-7-11-22(20-25(33)31-37-26-12-8-10-18-36-26)27(34)30-24(28(32)35)19-21-13-15-23(29)16-14-21/h13-16,22,24,26H,2-12,17-20,29H2,1H3,(H,30,34)(H,31,33)/t22-,24+,26?/m1/s1. The number of amides is 3. The number of nitrogens with two attached hydrogens (primary N) is 1. The van der Waals surface area contributed by atoms with E-state index in [-0.39, 0.29) is 24.1 Å². The van der Waals surface area contributed by atoms with E-state index < -0.39 is 18.2 Å². The Bertz CT molecular complexity index is 857. The van der Waals surface area contributed by atoms with Gasteiger partial charge in [0.05, 0.1) is 0 Å². The minimum Gasteiger partial charge on any atom is -0.399 e. The lowest BCUT2D eigenvalue weighted by molar-refractivity contribution is -0.200. The van der Waals surface area contributed by atoms with Gasteiger partial charge in [-0.1, -0.05) is 50.7 Å². The van der Waals surface area contributed by atoms with E-state index in [1.165, 1.54) is 0 Å². The molecular formula is C28H44N4O5. The van der Waals surface area contributed by atoms with Crippen molar-refractivity contribution in [2.75, 3.05) is 25.9 Å². The van der Waals surface area contributed by atoms with Gasteiger partial charge in [-0.3, -0.25) is 14.4 Å². The van der Waals surface area contributed by atoms with Gasteiger partial charge < -0.3 is 20.7 Å². The molecule has 4 N–H and O–H groups in total. The lowest BCUT2D eigenvalue weighted by Crippen LogP contribution is -2.50. The molecule has 0 saturated carbocycles. The zero-order chi connectivity index (χ0) is 26.5. The Balaban J connectivity index is 1.69. The first-order valence-electron chi connectivity index (χ1n) is 13.9. The summed E-state index contributed by atoms with van der Waals surface area (Å²) in [5.74, 6) is -1.30. The van der Waals surface area contributed by atoms with Crippen molar-refractivity contribution >= 4 is 23.4 Å². The van der Waals surface area contributed by atoms with Crippen LogP contribution < -0.4 is 16.5 Å². The van der Waals surface area contributed by atoms with Crippen LogP contribution in [0, 0.1) is 5.92 Å². The van der Waals surface area contributed by atoms with Crippen LogP contribution in [0.2, 0.25) is 0 Å². The molecule has 0 aliphatic carbocycles. The first kappa shape index (κ1) is 28.9. The summed E-state index contributed by atoms with van der Waals surface area (Å²) in [5, 5.41) is 2.98. The fraction of sp³-hybridized carbons (Fsp3) is 0.679. The second-order valence-electron chi connectivity index (χ2n) is 10.4. The van der Waals surface area contributed by atoms with Crippen LogP contribution in [0.3, 0.4) is 0 Å². The average Bonchev–Trinajstić information content (AvgIpc) is 2.90. The van der Waals surface area contributed by atoms with Crippen LogP contribution in [0.25, 0.3) is 0 Å². The van der Waals surface area contributed by atoms with Crippen LogP contribution in [0.15, 0.2) is 24.3 Å². The topological polar surface area (TPSA) is 123 Å². The van der Waals surface area contributed by atoms with Crippen LogP contribution in [0.1, 0.15) is 82.6 Å². The van der Waals surface area contributed by atoms with Crippen LogP contribution in [-0.4, -0.2) is 55.2 Å². The molecule has 2 saturated heterocycles. The third-order valence-electron chi connectivity index (χ3n) is 7.20. The molecule has 3 rings (SSSR count). The molecule has 2 aliphatic rings. The molecule has 0 aromatic heterocycles. The Labute approximate surface area is 220 Å². The molecule has 2 heterocycles. The predicted molar refractivity (Wildman–Crippen MR) is 142 cm³/mol. The molecule has 37 heavy (non-hydrogen) atoms. The Morgan fingerprint density at radius 1 is 1.03 bits per heavy atom. The van der Waals surface area contributed by atoms with Gasteiger partial charge in [-0.05, 0) is 43.4 Å². The number of carbonyl (C=O) groups is 3. The molecule has 2 aliphatic heterocycles. The summed E-state index contributed by atoms with van der Waals surface area (Å²) in [5.41, 5.74) is 9.85. The summed E-state index contributed by atoms with van der Waals surface area (Å²) < 4.78 is 5.50. The zero-order valence-corrected chi connectivity index (χ0v) is 22.2. The third kappa shape index (κ3) is 10.3. The van der Waals surface area contributed by atoms with E-state index >= 15 is 0 Å². The molecule has 206 valence electrons. The quantitative estimate of drug-likeness (QED) is 0.393. The number of hydroxylamine groups is 1. The maximum Gasteiger partial charge on any atom is 0.245 e. The Morgan fingerprint density at radius 3 is 2.41 bits per heavy atom. The van der Waals surface area contributed by atoms with Gasteiger partial charge in [-0.15, -0.1) is 0 Å². The number of hydrogen-bond acceptors (Lipinski definition) is 6. The van der Waals surface area contributed by atoms with Crippen molar-refractivity contribution in [1.29, 1.82) is 0 Å². The SMILES string of the molecule is CN1CCCCCCCCC[C@H](CC(=O)NOC2CCCCO2)C(=O)N[C@@H](Cc2ccc(N)cc2)C1=O. The van der Waals surface area contributed by atoms with Crippen molar-refractivity contribution in [2.45, 2.75) is 95.8 Å². The molecule has 0 spiro atoms. The highest BCUT2D eigenvalue weighted by Gasteiger charge is 2.29. The predicted octanol–water partition coefficient (Wildman–Crippen LogP) is 3.47. The summed E-state index contributed by atoms with van der Waals surface area (Å²) in [4.78, 5) is 46.6. The number of hydrogen-bond donors (Lipinski definition) is 3. The third-order valence-corrected chi connectivity index (χ3v) is 7.20. The molecule has 9 nitrogen and oxygen atoms in total. The van der Waals surface area contributed by atoms with E-state index in [1.54, 1.807) is 24.1 Å². The molecule has 3 amide bonds. The summed E-state index contributed by atoms with van der Waals surface area (Å²) >= 11 is 0. The molecule has 3 atom stereocenters. The van der Waals surface area contributed by atoms with Crippen molar-refractivity contribution in [2.24, 2.45) is 5.92 Å². The highest BCUT2D eigenvalue weighted by molar-refractivity contribution is 5.90. The number of anilines is 1.